The summed E-state index contributed by atoms with van der Waals surface area (Å²) >= 11 is 0. The highest BCUT2D eigenvalue weighted by molar-refractivity contribution is 5.62. The van der Waals surface area contributed by atoms with Crippen LogP contribution in [0.15, 0.2) is 12.1 Å². The van der Waals surface area contributed by atoms with Crippen molar-refractivity contribution in [2.24, 2.45) is 16.7 Å². The van der Waals surface area contributed by atoms with Gasteiger partial charge in [0, 0.05) is 30.7 Å². The van der Waals surface area contributed by atoms with E-state index in [0.29, 0.717) is 11.8 Å². The largest absolute Gasteiger partial charge is 0.504 e. The fraction of sp³-hybridized carbons (Fsp3) is 0.800. The summed E-state index contributed by atoms with van der Waals surface area (Å²) in [7, 11) is 1.82. The Morgan fingerprint density at radius 2 is 1.89 bits per heavy atom. The number of methoxy groups -OCH3 is 1. The highest BCUT2D eigenvalue weighted by Gasteiger charge is 2.75. The summed E-state index contributed by atoms with van der Waals surface area (Å²) in [5.41, 5.74) is 1.06. The van der Waals surface area contributed by atoms with Crippen LogP contribution in [0.4, 0.5) is 0 Å². The molecule has 1 spiro atoms. The van der Waals surface area contributed by atoms with Crippen LogP contribution >= 0.6 is 0 Å². The van der Waals surface area contributed by atoms with Gasteiger partial charge in [-0.05, 0) is 100 Å². The first-order chi connectivity index (χ1) is 16.4. The third kappa shape index (κ3) is 3.10. The van der Waals surface area contributed by atoms with E-state index in [2.05, 4.69) is 38.7 Å². The molecule has 3 fully saturated rings. The molecule has 194 valence electrons. The molecule has 1 aromatic carbocycles. The molecule has 0 radical (unpaired) electrons. The molecule has 6 atom stereocenters. The zero-order chi connectivity index (χ0) is 25.0. The Morgan fingerprint density at radius 3 is 2.54 bits per heavy atom. The summed E-state index contributed by atoms with van der Waals surface area (Å²) in [6, 6.07) is 4.43. The van der Waals surface area contributed by atoms with E-state index in [1.807, 2.05) is 20.1 Å². The van der Waals surface area contributed by atoms with Crippen LogP contribution in [0.5, 0.6) is 11.5 Å². The Kier molecular flexibility index (Phi) is 5.08. The topological polar surface area (TPSA) is 62.2 Å². The van der Waals surface area contributed by atoms with Gasteiger partial charge in [0.05, 0.1) is 5.60 Å². The number of likely N-dealkylation sites (tertiary alicyclic amines) is 1. The van der Waals surface area contributed by atoms with Crippen LogP contribution in [-0.2, 0) is 16.6 Å². The molecule has 1 saturated heterocycles. The third-order valence-electron chi connectivity index (χ3n) is 11.5. The quantitative estimate of drug-likeness (QED) is 0.583. The van der Waals surface area contributed by atoms with Gasteiger partial charge in [-0.3, -0.25) is 4.90 Å². The van der Waals surface area contributed by atoms with Gasteiger partial charge >= 0.3 is 0 Å². The number of nitrogens with zero attached hydrogens (tertiary/aromatic N) is 1. The molecule has 5 nitrogen and oxygen atoms in total. The average Bonchev–Trinajstić information content (AvgIpc) is 3.54. The second-order valence-electron chi connectivity index (χ2n) is 14.0. The first kappa shape index (κ1) is 24.1. The van der Waals surface area contributed by atoms with Gasteiger partial charge in [0.25, 0.3) is 0 Å². The lowest BCUT2D eigenvalue weighted by molar-refractivity contribution is -0.211. The summed E-state index contributed by atoms with van der Waals surface area (Å²) < 4.78 is 13.1. The lowest BCUT2D eigenvalue weighted by Gasteiger charge is -2.68. The number of ether oxygens (including phenoxy) is 2. The molecular weight excluding hydrogens is 438 g/mol. The average molecular weight is 484 g/mol. The van der Waals surface area contributed by atoms with E-state index in [0.717, 1.165) is 51.0 Å². The Bertz CT molecular complexity index is 1030. The summed E-state index contributed by atoms with van der Waals surface area (Å²) in [6.45, 7) is 13.0. The smallest absolute Gasteiger partial charge is 0.165 e. The Morgan fingerprint density at radius 1 is 1.14 bits per heavy atom. The van der Waals surface area contributed by atoms with Gasteiger partial charge < -0.3 is 19.7 Å². The summed E-state index contributed by atoms with van der Waals surface area (Å²) in [6.07, 6.45) is 8.38. The number of phenolic OH excluding ortho intramolecular Hbond substituents is 1. The fourth-order valence-corrected chi connectivity index (χ4v) is 8.46. The number of aromatic hydroxyl groups is 1. The van der Waals surface area contributed by atoms with Crippen molar-refractivity contribution in [1.29, 1.82) is 0 Å². The highest BCUT2D eigenvalue weighted by Crippen LogP contribution is 2.72. The zero-order valence-corrected chi connectivity index (χ0v) is 22.6. The van der Waals surface area contributed by atoms with Crippen molar-refractivity contribution in [2.45, 2.75) is 115 Å². The number of hydrogen-bond donors (Lipinski definition) is 2. The van der Waals surface area contributed by atoms with Crippen LogP contribution in [-0.4, -0.2) is 58.7 Å². The number of benzene rings is 1. The molecule has 5 heteroatoms. The van der Waals surface area contributed by atoms with Gasteiger partial charge in [-0.2, -0.15) is 0 Å². The van der Waals surface area contributed by atoms with Gasteiger partial charge in [0.2, 0.25) is 0 Å². The molecule has 0 unspecified atom stereocenters. The van der Waals surface area contributed by atoms with Crippen LogP contribution in [0.1, 0.15) is 90.7 Å². The fourth-order valence-electron chi connectivity index (χ4n) is 8.46. The minimum atomic E-state index is -0.757. The molecular formula is C30H45NO4. The van der Waals surface area contributed by atoms with E-state index < -0.39 is 11.2 Å². The Balaban J connectivity index is 1.53. The molecule has 2 bridgehead atoms. The van der Waals surface area contributed by atoms with Crippen molar-refractivity contribution in [3.63, 3.8) is 0 Å². The second-order valence-corrected chi connectivity index (χ2v) is 14.0. The molecule has 2 saturated carbocycles. The summed E-state index contributed by atoms with van der Waals surface area (Å²) in [4.78, 5) is 2.81. The summed E-state index contributed by atoms with van der Waals surface area (Å²) in [5.74, 6) is 1.82. The van der Waals surface area contributed by atoms with Crippen LogP contribution in [0, 0.1) is 16.7 Å². The maximum atomic E-state index is 11.6. The maximum Gasteiger partial charge on any atom is 0.165 e. The van der Waals surface area contributed by atoms with Crippen molar-refractivity contribution in [1.82, 2.24) is 4.90 Å². The van der Waals surface area contributed by atoms with E-state index in [9.17, 15) is 10.2 Å². The lowest BCUT2D eigenvalue weighted by atomic mass is 9.40. The molecule has 35 heavy (non-hydrogen) atoms. The highest BCUT2D eigenvalue weighted by atomic mass is 16.6. The van der Waals surface area contributed by atoms with Gasteiger partial charge in [0.15, 0.2) is 11.5 Å². The predicted molar refractivity (Wildman–Crippen MR) is 137 cm³/mol. The van der Waals surface area contributed by atoms with Crippen LogP contribution < -0.4 is 4.74 Å². The minimum absolute atomic E-state index is 0.00979. The zero-order valence-electron chi connectivity index (χ0n) is 22.6. The molecule has 2 aliphatic heterocycles. The number of rotatable bonds is 6. The molecule has 1 aromatic rings. The first-order valence-corrected chi connectivity index (χ1v) is 13.9. The monoisotopic (exact) mass is 483 g/mol. The van der Waals surface area contributed by atoms with Crippen molar-refractivity contribution < 1.29 is 19.7 Å². The van der Waals surface area contributed by atoms with Gasteiger partial charge in [0.1, 0.15) is 11.7 Å². The van der Waals surface area contributed by atoms with Crippen molar-refractivity contribution in [3.05, 3.63) is 23.3 Å². The van der Waals surface area contributed by atoms with Crippen molar-refractivity contribution >= 4 is 0 Å². The van der Waals surface area contributed by atoms with E-state index in [-0.39, 0.29) is 28.1 Å². The molecule has 2 heterocycles. The Hall–Kier alpha value is -1.30. The van der Waals surface area contributed by atoms with Crippen molar-refractivity contribution in [2.75, 3.05) is 20.2 Å². The predicted octanol–water partition coefficient (Wildman–Crippen LogP) is 5.19. The van der Waals surface area contributed by atoms with E-state index in [1.165, 1.54) is 30.5 Å². The first-order valence-electron chi connectivity index (χ1n) is 13.9. The van der Waals surface area contributed by atoms with Crippen LogP contribution in [0.2, 0.25) is 0 Å². The number of phenols is 1. The van der Waals surface area contributed by atoms with Crippen LogP contribution in [0.25, 0.3) is 0 Å². The standard InChI is InChI=1S/C30H45NO4/c1-26(2,3)28(5,33)12-14-29-13-11-27(4,34-6)25-30(29)15-16-31(18-19-7-8-19)22(29)17-20-9-10-21(32)24(35-25)23(20)30/h9-10,19,22,25,32-33H,7-8,11-18H2,1-6H3/t22-,25+,27+,28+,29-,30+/m1/s1. The molecule has 0 aromatic heterocycles. The maximum absolute atomic E-state index is 11.6. The summed E-state index contributed by atoms with van der Waals surface area (Å²) in [5, 5.41) is 22.6. The molecule has 3 aliphatic carbocycles. The number of piperidine rings is 1. The number of aliphatic hydroxyl groups is 1. The molecule has 6 rings (SSSR count). The molecule has 0 amide bonds. The van der Waals surface area contributed by atoms with E-state index in [4.69, 9.17) is 9.47 Å². The van der Waals surface area contributed by atoms with Gasteiger partial charge in [-0.1, -0.05) is 26.8 Å². The van der Waals surface area contributed by atoms with E-state index >= 15 is 0 Å². The third-order valence-corrected chi connectivity index (χ3v) is 11.5. The Labute approximate surface area is 211 Å². The van der Waals surface area contributed by atoms with Crippen LogP contribution in [0.3, 0.4) is 0 Å². The van der Waals surface area contributed by atoms with Gasteiger partial charge in [-0.15, -0.1) is 0 Å². The number of hydrogen-bond acceptors (Lipinski definition) is 5. The van der Waals surface area contributed by atoms with E-state index in [1.54, 1.807) is 0 Å². The second kappa shape index (κ2) is 7.39. The normalized spacial score (nSPS) is 39.6. The van der Waals surface area contributed by atoms with Crippen molar-refractivity contribution in [3.8, 4) is 11.5 Å². The molecule has 2 N–H and O–H groups in total. The van der Waals surface area contributed by atoms with Gasteiger partial charge in [-0.25, -0.2) is 0 Å². The molecule has 5 aliphatic rings. The SMILES string of the molecule is CO[C@@]1(C)CC[C@@]2(CC[C@](C)(O)C(C)(C)C)[C@H]3Cc4ccc(O)c5c4[C@@]2(CCN3CC2CC2)[C@H]1O5. The lowest BCUT2D eigenvalue weighted by Crippen LogP contribution is -2.75. The minimum Gasteiger partial charge on any atom is -0.504 e.